The highest BCUT2D eigenvalue weighted by Gasteiger charge is 2.10. The van der Waals surface area contributed by atoms with Gasteiger partial charge in [0.15, 0.2) is 0 Å². The highest BCUT2D eigenvalue weighted by atomic mass is 16.6. The molecule has 6 nitrogen and oxygen atoms in total. The molecule has 0 aliphatic heterocycles. The summed E-state index contributed by atoms with van der Waals surface area (Å²) in [6.07, 6.45) is 0. The van der Waals surface area contributed by atoms with Gasteiger partial charge in [-0.1, -0.05) is 12.6 Å². The minimum absolute atomic E-state index is 0.0694. The topological polar surface area (TPSA) is 78.7 Å². The minimum Gasteiger partial charge on any atom is -0.488 e. The fourth-order valence-corrected chi connectivity index (χ4v) is 1.15. The predicted octanol–water partition coefficient (Wildman–Crippen LogP) is 2.09. The number of nitro groups is 1. The van der Waals surface area contributed by atoms with Crippen LogP contribution in [0.5, 0.6) is 5.75 Å². The lowest BCUT2D eigenvalue weighted by Gasteiger charge is -2.07. The maximum Gasteiger partial charge on any atom is 0.336 e. The number of ether oxygens (including phenoxy) is 2. The molecule has 0 atom stereocenters. The molecule has 1 rings (SSSR count). The summed E-state index contributed by atoms with van der Waals surface area (Å²) >= 11 is 0. The molecule has 18 heavy (non-hydrogen) atoms. The van der Waals surface area contributed by atoms with Crippen molar-refractivity contribution in [1.29, 1.82) is 0 Å². The average Bonchev–Trinajstić information content (AvgIpc) is 2.36. The summed E-state index contributed by atoms with van der Waals surface area (Å²) in [7, 11) is 0. The van der Waals surface area contributed by atoms with E-state index in [-0.39, 0.29) is 24.5 Å². The molecule has 1 aromatic rings. The van der Waals surface area contributed by atoms with Gasteiger partial charge in [0.2, 0.25) is 0 Å². The van der Waals surface area contributed by atoms with Crippen LogP contribution in [-0.4, -0.2) is 24.1 Å². The average molecular weight is 251 g/mol. The highest BCUT2D eigenvalue weighted by molar-refractivity contribution is 5.88. The molecule has 0 unspecified atom stereocenters. The number of benzene rings is 1. The van der Waals surface area contributed by atoms with Crippen molar-refractivity contribution < 1.29 is 19.2 Å². The van der Waals surface area contributed by atoms with Crippen molar-refractivity contribution in [1.82, 2.24) is 0 Å². The zero-order chi connectivity index (χ0) is 13.5. The van der Waals surface area contributed by atoms with E-state index < -0.39 is 10.9 Å². The molecule has 0 heterocycles. The van der Waals surface area contributed by atoms with E-state index in [1.165, 1.54) is 18.2 Å². The standard InChI is InChI=1S/C12H13NO5/c1-3-17-12(14)9(2)8-18-11-6-4-5-10(7-11)13(15)16/h4-7H,2-3,8H2,1H3. The van der Waals surface area contributed by atoms with Crippen molar-refractivity contribution >= 4 is 11.7 Å². The SMILES string of the molecule is C=C(COc1cccc([N+](=O)[O-])c1)C(=O)OCC. The molecule has 0 bridgehead atoms. The first-order chi connectivity index (χ1) is 8.54. The van der Waals surface area contributed by atoms with Crippen LogP contribution in [0.25, 0.3) is 0 Å². The van der Waals surface area contributed by atoms with E-state index >= 15 is 0 Å². The van der Waals surface area contributed by atoms with Gasteiger partial charge in [-0.05, 0) is 13.0 Å². The third kappa shape index (κ3) is 3.89. The Morgan fingerprint density at radius 2 is 2.22 bits per heavy atom. The first-order valence-corrected chi connectivity index (χ1v) is 5.26. The zero-order valence-electron chi connectivity index (χ0n) is 9.92. The van der Waals surface area contributed by atoms with Crippen molar-refractivity contribution in [3.05, 3.63) is 46.5 Å². The van der Waals surface area contributed by atoms with Gasteiger partial charge in [-0.3, -0.25) is 10.1 Å². The Kier molecular flexibility index (Phi) is 4.86. The predicted molar refractivity (Wildman–Crippen MR) is 64.4 cm³/mol. The van der Waals surface area contributed by atoms with E-state index in [0.29, 0.717) is 5.75 Å². The Hall–Kier alpha value is -2.37. The number of carbonyl (C=O) groups is 1. The molecule has 1 aromatic carbocycles. The monoisotopic (exact) mass is 251 g/mol. The van der Waals surface area contributed by atoms with Crippen LogP contribution in [0.2, 0.25) is 0 Å². The van der Waals surface area contributed by atoms with E-state index in [2.05, 4.69) is 6.58 Å². The molecule has 0 fully saturated rings. The Labute approximate surface area is 104 Å². The van der Waals surface area contributed by atoms with Gasteiger partial charge in [-0.15, -0.1) is 0 Å². The van der Waals surface area contributed by atoms with Crippen LogP contribution in [0.15, 0.2) is 36.4 Å². The van der Waals surface area contributed by atoms with Crippen LogP contribution in [0.1, 0.15) is 6.92 Å². The smallest absolute Gasteiger partial charge is 0.336 e. The lowest BCUT2D eigenvalue weighted by molar-refractivity contribution is -0.384. The normalized spacial score (nSPS) is 9.61. The van der Waals surface area contributed by atoms with Crippen molar-refractivity contribution in [3.8, 4) is 5.75 Å². The summed E-state index contributed by atoms with van der Waals surface area (Å²) in [6, 6.07) is 5.69. The number of esters is 1. The highest BCUT2D eigenvalue weighted by Crippen LogP contribution is 2.19. The zero-order valence-corrected chi connectivity index (χ0v) is 9.92. The second-order valence-corrected chi connectivity index (χ2v) is 3.37. The fraction of sp³-hybridized carbons (Fsp3) is 0.250. The molecule has 0 radical (unpaired) electrons. The number of carbonyl (C=O) groups excluding carboxylic acids is 1. The van der Waals surface area contributed by atoms with Crippen LogP contribution in [0.3, 0.4) is 0 Å². The molecule has 0 amide bonds. The number of non-ortho nitro benzene ring substituents is 1. The van der Waals surface area contributed by atoms with Crippen LogP contribution < -0.4 is 4.74 Å². The van der Waals surface area contributed by atoms with Gasteiger partial charge in [0.25, 0.3) is 5.69 Å². The molecular formula is C12H13NO5. The van der Waals surface area contributed by atoms with Gasteiger partial charge < -0.3 is 9.47 Å². The molecule has 0 aliphatic carbocycles. The quantitative estimate of drug-likeness (QED) is 0.335. The van der Waals surface area contributed by atoms with Crippen LogP contribution >= 0.6 is 0 Å². The van der Waals surface area contributed by atoms with Gasteiger partial charge in [0.1, 0.15) is 12.4 Å². The number of hydrogen-bond acceptors (Lipinski definition) is 5. The summed E-state index contributed by atoms with van der Waals surface area (Å²) in [5.74, 6) is -0.238. The van der Waals surface area contributed by atoms with Crippen molar-refractivity contribution in [3.63, 3.8) is 0 Å². The number of nitrogens with zero attached hydrogens (tertiary/aromatic N) is 1. The summed E-state index contributed by atoms with van der Waals surface area (Å²) in [5, 5.41) is 10.5. The molecule has 0 aliphatic rings. The maximum atomic E-state index is 11.2. The second-order valence-electron chi connectivity index (χ2n) is 3.37. The fourth-order valence-electron chi connectivity index (χ4n) is 1.15. The third-order valence-electron chi connectivity index (χ3n) is 2.01. The Balaban J connectivity index is 2.58. The van der Waals surface area contributed by atoms with Gasteiger partial charge in [-0.25, -0.2) is 4.79 Å². The van der Waals surface area contributed by atoms with E-state index in [9.17, 15) is 14.9 Å². The summed E-state index contributed by atoms with van der Waals surface area (Å²) in [5.41, 5.74) is 0.0811. The van der Waals surface area contributed by atoms with E-state index in [4.69, 9.17) is 9.47 Å². The summed E-state index contributed by atoms with van der Waals surface area (Å²) in [6.45, 7) is 5.39. The number of rotatable bonds is 6. The van der Waals surface area contributed by atoms with Crippen LogP contribution in [0, 0.1) is 10.1 Å². The molecule has 0 N–H and O–H groups in total. The molecule has 0 aromatic heterocycles. The van der Waals surface area contributed by atoms with Crippen LogP contribution in [-0.2, 0) is 9.53 Å². The number of nitro benzene ring substituents is 1. The van der Waals surface area contributed by atoms with Crippen molar-refractivity contribution in [2.75, 3.05) is 13.2 Å². The van der Waals surface area contributed by atoms with Gasteiger partial charge in [0.05, 0.1) is 23.2 Å². The van der Waals surface area contributed by atoms with Crippen molar-refractivity contribution in [2.24, 2.45) is 0 Å². The first kappa shape index (κ1) is 13.7. The summed E-state index contributed by atoms with van der Waals surface area (Å²) < 4.78 is 9.95. The van der Waals surface area contributed by atoms with Gasteiger partial charge in [0, 0.05) is 6.07 Å². The number of hydrogen-bond donors (Lipinski definition) is 0. The van der Waals surface area contributed by atoms with Crippen molar-refractivity contribution in [2.45, 2.75) is 6.92 Å². The molecule has 0 saturated carbocycles. The maximum absolute atomic E-state index is 11.2. The largest absolute Gasteiger partial charge is 0.488 e. The molecule has 0 saturated heterocycles. The Bertz CT molecular complexity index is 469. The summed E-state index contributed by atoms with van der Waals surface area (Å²) in [4.78, 5) is 21.3. The molecule has 96 valence electrons. The first-order valence-electron chi connectivity index (χ1n) is 5.26. The van der Waals surface area contributed by atoms with E-state index in [0.717, 1.165) is 0 Å². The Morgan fingerprint density at radius 1 is 1.50 bits per heavy atom. The third-order valence-corrected chi connectivity index (χ3v) is 2.01. The van der Waals surface area contributed by atoms with E-state index in [1.54, 1.807) is 13.0 Å². The van der Waals surface area contributed by atoms with Gasteiger partial charge >= 0.3 is 5.97 Å². The van der Waals surface area contributed by atoms with E-state index in [1.807, 2.05) is 0 Å². The van der Waals surface area contributed by atoms with Gasteiger partial charge in [-0.2, -0.15) is 0 Å². The van der Waals surface area contributed by atoms with Crippen LogP contribution in [0.4, 0.5) is 5.69 Å². The molecular weight excluding hydrogens is 238 g/mol. The molecule has 6 heteroatoms. The minimum atomic E-state index is -0.539. The molecule has 0 spiro atoms. The lowest BCUT2D eigenvalue weighted by Crippen LogP contribution is -2.13. The Morgan fingerprint density at radius 3 is 2.83 bits per heavy atom. The second kappa shape index (κ2) is 6.39. The lowest BCUT2D eigenvalue weighted by atomic mass is 10.3.